The molecule has 0 heterocycles. The summed E-state index contributed by atoms with van der Waals surface area (Å²) in [6.07, 6.45) is 0.334. The Bertz CT molecular complexity index is 208. The highest BCUT2D eigenvalue weighted by Crippen LogP contribution is 1.79. The van der Waals surface area contributed by atoms with Crippen molar-refractivity contribution in [1.29, 1.82) is 0 Å². The van der Waals surface area contributed by atoms with E-state index in [1.165, 1.54) is 0 Å². The Morgan fingerprint density at radius 3 is 2.44 bits per heavy atom. The lowest BCUT2D eigenvalue weighted by atomic mass is 10.3. The van der Waals surface area contributed by atoms with Crippen molar-refractivity contribution in [1.82, 2.24) is 0 Å². The summed E-state index contributed by atoms with van der Waals surface area (Å²) in [6, 6.07) is 0. The molecule has 0 atom stereocenters. The average Bonchev–Trinajstić information content (AvgIpc) is 1.83. The first-order chi connectivity index (χ1) is 4.16. The summed E-state index contributed by atoms with van der Waals surface area (Å²) in [5, 5.41) is 0. The molecule has 0 aromatic rings. The molecule has 5 heteroatoms. The fraction of sp³-hybridized carbons (Fsp3) is 0.750. The van der Waals surface area contributed by atoms with E-state index in [-0.39, 0.29) is 12.3 Å². The van der Waals surface area contributed by atoms with Crippen LogP contribution in [-0.4, -0.2) is 20.7 Å². The maximum Gasteiger partial charge on any atom is 0.311 e. The highest BCUT2D eigenvalue weighted by Gasteiger charge is 1.93. The molecule has 0 aromatic heterocycles. The van der Waals surface area contributed by atoms with Gasteiger partial charge in [0.05, 0.1) is 0 Å². The second kappa shape index (κ2) is 4.20. The summed E-state index contributed by atoms with van der Waals surface area (Å²) in [6.45, 7) is 1.44. The number of nitrogens with zero attached hydrogens (tertiary/aromatic N) is 1. The standard InChI is InChI=1S/C4H7NO3S/c1-2-4(6)3-5-9(7)8/h2-3H2,1H3. The number of rotatable bonds is 3. The molecule has 0 saturated heterocycles. The molecule has 0 spiro atoms. The zero-order chi connectivity index (χ0) is 7.28. The molecular weight excluding hydrogens is 142 g/mol. The summed E-state index contributed by atoms with van der Waals surface area (Å²) < 4.78 is 22.4. The van der Waals surface area contributed by atoms with Gasteiger partial charge < -0.3 is 0 Å². The van der Waals surface area contributed by atoms with Crippen molar-refractivity contribution in [3.63, 3.8) is 0 Å². The van der Waals surface area contributed by atoms with E-state index in [0.717, 1.165) is 0 Å². The summed E-state index contributed by atoms with van der Waals surface area (Å²) in [5.74, 6) is -0.167. The van der Waals surface area contributed by atoms with Gasteiger partial charge in [0.15, 0.2) is 5.78 Å². The van der Waals surface area contributed by atoms with Crippen molar-refractivity contribution in [3.05, 3.63) is 0 Å². The number of ketones is 1. The number of Topliss-reactive ketones (excluding diaryl/α,β-unsaturated/α-hetero) is 1. The molecule has 0 aliphatic rings. The minimum Gasteiger partial charge on any atom is -0.298 e. The maximum atomic E-state index is 10.3. The zero-order valence-electron chi connectivity index (χ0n) is 4.99. The number of carbonyl (C=O) groups excluding carboxylic acids is 1. The van der Waals surface area contributed by atoms with E-state index >= 15 is 0 Å². The minimum atomic E-state index is -2.43. The van der Waals surface area contributed by atoms with Gasteiger partial charge in [-0.2, -0.15) is 12.8 Å². The molecule has 9 heavy (non-hydrogen) atoms. The monoisotopic (exact) mass is 149 g/mol. The number of carbonyl (C=O) groups is 1. The molecule has 0 N–H and O–H groups in total. The Kier molecular flexibility index (Phi) is 3.87. The third-order valence-corrected chi connectivity index (χ3v) is 1.08. The maximum absolute atomic E-state index is 10.3. The lowest BCUT2D eigenvalue weighted by Crippen LogP contribution is -1.98. The van der Waals surface area contributed by atoms with E-state index < -0.39 is 10.5 Å². The summed E-state index contributed by atoms with van der Waals surface area (Å²) in [7, 11) is -2.43. The Morgan fingerprint density at radius 1 is 1.56 bits per heavy atom. The third kappa shape index (κ3) is 5.16. The Labute approximate surface area is 54.6 Å². The number of hydrogen-bond acceptors (Lipinski definition) is 4. The molecule has 4 nitrogen and oxygen atoms in total. The Morgan fingerprint density at radius 2 is 2.11 bits per heavy atom. The fourth-order valence-electron chi connectivity index (χ4n) is 0.237. The number of hydrogen-bond donors (Lipinski definition) is 0. The predicted octanol–water partition coefficient (Wildman–Crippen LogP) is 0.0282. The van der Waals surface area contributed by atoms with Crippen LogP contribution in [0.3, 0.4) is 0 Å². The van der Waals surface area contributed by atoms with Crippen LogP contribution in [0.25, 0.3) is 0 Å². The van der Waals surface area contributed by atoms with Gasteiger partial charge in [-0.05, 0) is 0 Å². The molecule has 0 aromatic carbocycles. The van der Waals surface area contributed by atoms with Crippen molar-refractivity contribution >= 4 is 16.3 Å². The van der Waals surface area contributed by atoms with E-state index in [9.17, 15) is 13.2 Å². The molecule has 0 aliphatic carbocycles. The van der Waals surface area contributed by atoms with Gasteiger partial charge >= 0.3 is 10.5 Å². The van der Waals surface area contributed by atoms with Gasteiger partial charge in [0.2, 0.25) is 0 Å². The van der Waals surface area contributed by atoms with Crippen LogP contribution in [0, 0.1) is 0 Å². The highest BCUT2D eigenvalue weighted by atomic mass is 32.2. The minimum absolute atomic E-state index is 0.167. The smallest absolute Gasteiger partial charge is 0.298 e. The van der Waals surface area contributed by atoms with Crippen LogP contribution in [0.1, 0.15) is 13.3 Å². The first-order valence-electron chi connectivity index (χ1n) is 2.45. The van der Waals surface area contributed by atoms with Crippen molar-refractivity contribution < 1.29 is 13.2 Å². The van der Waals surface area contributed by atoms with Gasteiger partial charge in [0.1, 0.15) is 6.54 Å². The normalized spacial score (nSPS) is 8.56. The van der Waals surface area contributed by atoms with Crippen LogP contribution in [0.2, 0.25) is 0 Å². The second-order valence-electron chi connectivity index (χ2n) is 1.40. The first-order valence-corrected chi connectivity index (χ1v) is 3.48. The quantitative estimate of drug-likeness (QED) is 0.568. The van der Waals surface area contributed by atoms with Gasteiger partial charge in [-0.1, -0.05) is 6.92 Å². The van der Waals surface area contributed by atoms with Crippen molar-refractivity contribution in [2.75, 3.05) is 6.54 Å². The fourth-order valence-corrected chi connectivity index (χ4v) is 0.486. The largest absolute Gasteiger partial charge is 0.311 e. The molecule has 0 unspecified atom stereocenters. The summed E-state index contributed by atoms with van der Waals surface area (Å²) >= 11 is 0. The average molecular weight is 149 g/mol. The van der Waals surface area contributed by atoms with Crippen LogP contribution >= 0.6 is 0 Å². The van der Waals surface area contributed by atoms with E-state index in [1.54, 1.807) is 6.92 Å². The summed E-state index contributed by atoms with van der Waals surface area (Å²) in [4.78, 5) is 10.3. The van der Waals surface area contributed by atoms with Gasteiger partial charge in [-0.15, -0.1) is 0 Å². The highest BCUT2D eigenvalue weighted by molar-refractivity contribution is 7.61. The molecule has 0 rings (SSSR count). The molecule has 0 bridgehead atoms. The summed E-state index contributed by atoms with van der Waals surface area (Å²) in [5.41, 5.74) is 0. The van der Waals surface area contributed by atoms with Gasteiger partial charge in [0, 0.05) is 6.42 Å². The van der Waals surface area contributed by atoms with Crippen LogP contribution in [0.5, 0.6) is 0 Å². The molecule has 0 saturated carbocycles. The second-order valence-corrected chi connectivity index (χ2v) is 2.09. The molecule has 0 amide bonds. The third-order valence-electron chi connectivity index (χ3n) is 0.741. The van der Waals surface area contributed by atoms with Crippen LogP contribution in [0.15, 0.2) is 4.36 Å². The first kappa shape index (κ1) is 8.29. The predicted molar refractivity (Wildman–Crippen MR) is 31.5 cm³/mol. The molecule has 0 aliphatic heterocycles. The topological polar surface area (TPSA) is 63.6 Å². The van der Waals surface area contributed by atoms with Crippen LogP contribution in [0.4, 0.5) is 0 Å². The van der Waals surface area contributed by atoms with E-state index in [4.69, 9.17) is 0 Å². The zero-order valence-corrected chi connectivity index (χ0v) is 5.81. The van der Waals surface area contributed by atoms with Gasteiger partial charge in [-0.25, -0.2) is 0 Å². The van der Waals surface area contributed by atoms with Crippen molar-refractivity contribution in [2.24, 2.45) is 4.36 Å². The van der Waals surface area contributed by atoms with E-state index in [1.807, 2.05) is 0 Å². The van der Waals surface area contributed by atoms with Gasteiger partial charge in [-0.3, -0.25) is 4.79 Å². The lowest BCUT2D eigenvalue weighted by Gasteiger charge is -1.82. The molecular formula is C4H7NO3S. The SMILES string of the molecule is CCC(=O)CN=S(=O)=O. The van der Waals surface area contributed by atoms with Crippen molar-refractivity contribution in [3.8, 4) is 0 Å². The van der Waals surface area contributed by atoms with Crippen LogP contribution < -0.4 is 0 Å². The van der Waals surface area contributed by atoms with E-state index in [2.05, 4.69) is 4.36 Å². The lowest BCUT2D eigenvalue weighted by molar-refractivity contribution is -0.117. The van der Waals surface area contributed by atoms with E-state index in [0.29, 0.717) is 6.42 Å². The Balaban J connectivity index is 3.78. The van der Waals surface area contributed by atoms with Gasteiger partial charge in [0.25, 0.3) is 0 Å². The molecule has 0 radical (unpaired) electrons. The molecule has 52 valence electrons. The van der Waals surface area contributed by atoms with Crippen molar-refractivity contribution in [2.45, 2.75) is 13.3 Å². The molecule has 0 fully saturated rings. The van der Waals surface area contributed by atoms with Crippen LogP contribution in [-0.2, 0) is 15.3 Å². The Hall–Kier alpha value is -0.710.